The van der Waals surface area contributed by atoms with Gasteiger partial charge in [0.25, 0.3) is 0 Å². The number of benzene rings is 2. The third-order valence-electron chi connectivity index (χ3n) is 3.73. The molecule has 5 heteroatoms. The summed E-state index contributed by atoms with van der Waals surface area (Å²) in [6.45, 7) is 0.332. The monoisotopic (exact) mass is 311 g/mol. The van der Waals surface area contributed by atoms with Gasteiger partial charge in [-0.3, -0.25) is 9.59 Å². The van der Waals surface area contributed by atoms with Crippen molar-refractivity contribution < 1.29 is 19.1 Å². The molecule has 118 valence electrons. The fraction of sp³-hybridized carbons (Fsp3) is 0.222. The first-order valence-corrected chi connectivity index (χ1v) is 7.41. The van der Waals surface area contributed by atoms with Gasteiger partial charge in [-0.1, -0.05) is 30.3 Å². The molecule has 23 heavy (non-hydrogen) atoms. The second-order valence-corrected chi connectivity index (χ2v) is 5.42. The van der Waals surface area contributed by atoms with Gasteiger partial charge in [0.05, 0.1) is 6.61 Å². The van der Waals surface area contributed by atoms with Crippen LogP contribution in [0.2, 0.25) is 0 Å². The van der Waals surface area contributed by atoms with Crippen molar-refractivity contribution in [2.45, 2.75) is 18.6 Å². The van der Waals surface area contributed by atoms with Crippen LogP contribution in [0, 0.1) is 0 Å². The molecule has 0 radical (unpaired) electrons. The molecule has 0 bridgehead atoms. The number of ether oxygens (including phenoxy) is 2. The minimum Gasteiger partial charge on any atom is -0.488 e. The topological polar surface area (TPSA) is 78.6 Å². The molecule has 0 aliphatic carbocycles. The maximum atomic E-state index is 12.3. The van der Waals surface area contributed by atoms with Crippen LogP contribution in [0.25, 0.3) is 0 Å². The third-order valence-corrected chi connectivity index (χ3v) is 3.73. The Morgan fingerprint density at radius 1 is 1.00 bits per heavy atom. The van der Waals surface area contributed by atoms with E-state index in [2.05, 4.69) is 0 Å². The Labute approximate surface area is 134 Å². The molecule has 5 nitrogen and oxygen atoms in total. The summed E-state index contributed by atoms with van der Waals surface area (Å²) < 4.78 is 11.0. The Balaban J connectivity index is 1.64. The number of hydrogen-bond acceptors (Lipinski definition) is 4. The predicted molar refractivity (Wildman–Crippen MR) is 84.3 cm³/mol. The summed E-state index contributed by atoms with van der Waals surface area (Å²) in [6, 6.07) is 16.1. The second kappa shape index (κ2) is 6.62. The molecule has 1 amide bonds. The van der Waals surface area contributed by atoms with E-state index in [0.29, 0.717) is 29.9 Å². The quantitative estimate of drug-likeness (QED) is 0.856. The lowest BCUT2D eigenvalue weighted by molar-refractivity contribution is -0.126. The molecule has 1 aliphatic rings. The Hall–Kier alpha value is -2.66. The average Bonchev–Trinajstić information content (AvgIpc) is 3.04. The maximum Gasteiger partial charge on any atom is 0.246 e. The minimum absolute atomic E-state index is 0.0323. The summed E-state index contributed by atoms with van der Waals surface area (Å²) >= 11 is 0. The number of nitrogens with two attached hydrogens (primary N) is 1. The van der Waals surface area contributed by atoms with Crippen molar-refractivity contribution in [3.8, 4) is 5.75 Å². The lowest BCUT2D eigenvalue weighted by Gasteiger charge is -2.12. The average molecular weight is 311 g/mol. The molecule has 2 atom stereocenters. The van der Waals surface area contributed by atoms with E-state index in [1.165, 1.54) is 0 Å². The first-order chi connectivity index (χ1) is 11.1. The van der Waals surface area contributed by atoms with E-state index in [4.69, 9.17) is 15.2 Å². The lowest BCUT2D eigenvalue weighted by atomic mass is 10.0. The van der Waals surface area contributed by atoms with Crippen LogP contribution >= 0.6 is 0 Å². The molecular formula is C18H17NO4. The van der Waals surface area contributed by atoms with Crippen molar-refractivity contribution in [1.82, 2.24) is 0 Å². The summed E-state index contributed by atoms with van der Waals surface area (Å²) in [5.74, 6) is 0.128. The third kappa shape index (κ3) is 3.57. The summed E-state index contributed by atoms with van der Waals surface area (Å²) in [4.78, 5) is 23.4. The summed E-state index contributed by atoms with van der Waals surface area (Å²) in [6.07, 6.45) is -0.345. The molecule has 1 heterocycles. The van der Waals surface area contributed by atoms with Crippen molar-refractivity contribution in [3.05, 3.63) is 65.7 Å². The molecule has 3 rings (SSSR count). The minimum atomic E-state index is -0.584. The van der Waals surface area contributed by atoms with E-state index in [0.717, 1.165) is 0 Å². The van der Waals surface area contributed by atoms with Gasteiger partial charge in [0.1, 0.15) is 18.0 Å². The largest absolute Gasteiger partial charge is 0.488 e. The van der Waals surface area contributed by atoms with Gasteiger partial charge in [-0.2, -0.15) is 0 Å². The highest BCUT2D eigenvalue weighted by Gasteiger charge is 2.30. The molecule has 1 fully saturated rings. The number of hydrogen-bond donors (Lipinski definition) is 1. The van der Waals surface area contributed by atoms with E-state index in [1.807, 2.05) is 18.2 Å². The molecular weight excluding hydrogens is 294 g/mol. The number of ketones is 1. The fourth-order valence-electron chi connectivity index (χ4n) is 2.51. The van der Waals surface area contributed by atoms with Gasteiger partial charge in [0.15, 0.2) is 5.78 Å². The van der Waals surface area contributed by atoms with Crippen LogP contribution in [0.4, 0.5) is 0 Å². The lowest BCUT2D eigenvalue weighted by Crippen LogP contribution is -2.28. The number of rotatable bonds is 5. The predicted octanol–water partition coefficient (Wildman–Crippen LogP) is 1.94. The Morgan fingerprint density at radius 3 is 2.26 bits per heavy atom. The standard InChI is InChI=1S/C18H17NO4/c19-18(21)16-10-15(11-22-16)23-14-8-6-13(7-9-14)17(20)12-4-2-1-3-5-12/h1-9,15-16H,10-11H2,(H2,19,21). The van der Waals surface area contributed by atoms with Gasteiger partial charge in [-0.15, -0.1) is 0 Å². The van der Waals surface area contributed by atoms with Gasteiger partial charge in [-0.25, -0.2) is 0 Å². The maximum absolute atomic E-state index is 12.3. The van der Waals surface area contributed by atoms with Crippen LogP contribution in [0.1, 0.15) is 22.3 Å². The number of amides is 1. The smallest absolute Gasteiger partial charge is 0.246 e. The van der Waals surface area contributed by atoms with E-state index >= 15 is 0 Å². The highest BCUT2D eigenvalue weighted by molar-refractivity contribution is 6.08. The molecule has 2 unspecified atom stereocenters. The fourth-order valence-corrected chi connectivity index (χ4v) is 2.51. The molecule has 2 aromatic rings. The van der Waals surface area contributed by atoms with Gasteiger partial charge in [-0.05, 0) is 24.3 Å². The zero-order chi connectivity index (χ0) is 16.2. The second-order valence-electron chi connectivity index (χ2n) is 5.42. The number of carbonyl (C=O) groups excluding carboxylic acids is 2. The molecule has 2 N–H and O–H groups in total. The number of primary amides is 1. The normalized spacial score (nSPS) is 20.2. The summed E-state index contributed by atoms with van der Waals surface area (Å²) in [5.41, 5.74) is 6.45. The number of carbonyl (C=O) groups is 2. The van der Waals surface area contributed by atoms with E-state index < -0.39 is 12.0 Å². The van der Waals surface area contributed by atoms with Crippen LogP contribution in [-0.4, -0.2) is 30.5 Å². The molecule has 0 saturated carbocycles. The van der Waals surface area contributed by atoms with E-state index in [9.17, 15) is 9.59 Å². The van der Waals surface area contributed by atoms with Crippen molar-refractivity contribution >= 4 is 11.7 Å². The zero-order valence-corrected chi connectivity index (χ0v) is 12.5. The first kappa shape index (κ1) is 15.2. The van der Waals surface area contributed by atoms with Crippen LogP contribution in [0.3, 0.4) is 0 Å². The molecule has 0 spiro atoms. The van der Waals surface area contributed by atoms with E-state index in [1.54, 1.807) is 36.4 Å². The molecule has 0 aromatic heterocycles. The zero-order valence-electron chi connectivity index (χ0n) is 12.5. The summed E-state index contributed by atoms with van der Waals surface area (Å²) in [7, 11) is 0. The van der Waals surface area contributed by atoms with Gasteiger partial charge in [0.2, 0.25) is 5.91 Å². The van der Waals surface area contributed by atoms with Crippen LogP contribution in [-0.2, 0) is 9.53 Å². The van der Waals surface area contributed by atoms with E-state index in [-0.39, 0.29) is 11.9 Å². The van der Waals surface area contributed by atoms with Crippen molar-refractivity contribution in [3.63, 3.8) is 0 Å². The summed E-state index contributed by atoms with van der Waals surface area (Å²) in [5, 5.41) is 0. The van der Waals surface area contributed by atoms with Crippen molar-refractivity contribution in [2.24, 2.45) is 5.73 Å². The van der Waals surface area contributed by atoms with Crippen LogP contribution in [0.5, 0.6) is 5.75 Å². The Morgan fingerprint density at radius 2 is 1.65 bits per heavy atom. The molecule has 2 aromatic carbocycles. The van der Waals surface area contributed by atoms with Gasteiger partial charge >= 0.3 is 0 Å². The van der Waals surface area contributed by atoms with Crippen molar-refractivity contribution in [2.75, 3.05) is 6.61 Å². The SMILES string of the molecule is NC(=O)C1CC(Oc2ccc(C(=O)c3ccccc3)cc2)CO1. The van der Waals surface area contributed by atoms with Crippen LogP contribution in [0.15, 0.2) is 54.6 Å². The molecule has 1 saturated heterocycles. The first-order valence-electron chi connectivity index (χ1n) is 7.41. The Kier molecular flexibility index (Phi) is 4.39. The highest BCUT2D eigenvalue weighted by Crippen LogP contribution is 2.21. The van der Waals surface area contributed by atoms with Crippen LogP contribution < -0.4 is 10.5 Å². The van der Waals surface area contributed by atoms with Gasteiger partial charge in [0, 0.05) is 17.5 Å². The van der Waals surface area contributed by atoms with Gasteiger partial charge < -0.3 is 15.2 Å². The Bertz CT molecular complexity index is 697. The molecule has 1 aliphatic heterocycles. The van der Waals surface area contributed by atoms with Crippen molar-refractivity contribution in [1.29, 1.82) is 0 Å². The highest BCUT2D eigenvalue weighted by atomic mass is 16.6.